The summed E-state index contributed by atoms with van der Waals surface area (Å²) in [6, 6.07) is 2.65. The van der Waals surface area contributed by atoms with Crippen molar-refractivity contribution in [3.8, 4) is 0 Å². The molecule has 0 bridgehead atoms. The van der Waals surface area contributed by atoms with Crippen LogP contribution in [0.25, 0.3) is 0 Å². The van der Waals surface area contributed by atoms with Crippen molar-refractivity contribution in [2.45, 2.75) is 18.4 Å². The number of benzene rings is 1. The fraction of sp³-hybridized carbons (Fsp3) is 0.400. The summed E-state index contributed by atoms with van der Waals surface area (Å²) >= 11 is 5.30. The van der Waals surface area contributed by atoms with Crippen molar-refractivity contribution in [2.75, 3.05) is 11.6 Å². The van der Waals surface area contributed by atoms with Gasteiger partial charge in [0.05, 0.1) is 17.5 Å². The molecule has 1 aromatic rings. The van der Waals surface area contributed by atoms with Gasteiger partial charge in [-0.05, 0) is 23.8 Å². The van der Waals surface area contributed by atoms with Crippen LogP contribution in [0.1, 0.15) is 17.2 Å². The number of hydrogen-bond donors (Lipinski definition) is 3. The van der Waals surface area contributed by atoms with E-state index >= 15 is 0 Å². The van der Waals surface area contributed by atoms with Crippen LogP contribution in [0.15, 0.2) is 18.2 Å². The van der Waals surface area contributed by atoms with Gasteiger partial charge in [0.2, 0.25) is 0 Å². The van der Waals surface area contributed by atoms with Crippen molar-refractivity contribution in [3.05, 3.63) is 29.3 Å². The Hall–Kier alpha value is -0.980. The van der Waals surface area contributed by atoms with Crippen LogP contribution in [-0.4, -0.2) is 22.2 Å². The molecule has 1 aromatic carbocycles. The van der Waals surface area contributed by atoms with Gasteiger partial charge in [-0.15, -0.1) is 11.6 Å². The topological polar surface area (TPSA) is 66.5 Å². The summed E-state index contributed by atoms with van der Waals surface area (Å²) in [5, 5.41) is 18.8. The van der Waals surface area contributed by atoms with Gasteiger partial charge in [-0.3, -0.25) is 0 Å². The zero-order valence-corrected chi connectivity index (χ0v) is 9.33. The largest absolute Gasteiger partial charge is 0.416 e. The predicted molar refractivity (Wildman–Crippen MR) is 57.5 cm³/mol. The molecule has 2 unspecified atom stereocenters. The van der Waals surface area contributed by atoms with Gasteiger partial charge < -0.3 is 15.9 Å². The number of anilines is 1. The summed E-state index contributed by atoms with van der Waals surface area (Å²) in [6.07, 6.45) is -7.41. The van der Waals surface area contributed by atoms with Crippen LogP contribution in [-0.2, 0) is 6.18 Å². The predicted octanol–water partition coefficient (Wildman–Crippen LogP) is 1.92. The smallest absolute Gasteiger partial charge is 0.399 e. The van der Waals surface area contributed by atoms with Crippen LogP contribution >= 0.6 is 11.6 Å². The first-order valence-electron chi connectivity index (χ1n) is 4.65. The zero-order valence-electron chi connectivity index (χ0n) is 8.58. The first-order chi connectivity index (χ1) is 7.75. The molecule has 0 aliphatic heterocycles. The molecule has 0 aromatic heterocycles. The summed E-state index contributed by atoms with van der Waals surface area (Å²) in [6.45, 7) is 0. The Bertz CT molecular complexity index is 398. The fourth-order valence-corrected chi connectivity index (χ4v) is 1.49. The van der Waals surface area contributed by atoms with Gasteiger partial charge in [0.1, 0.15) is 6.10 Å². The maximum absolute atomic E-state index is 12.5. The van der Waals surface area contributed by atoms with Crippen molar-refractivity contribution in [2.24, 2.45) is 0 Å². The van der Waals surface area contributed by atoms with Crippen molar-refractivity contribution in [3.63, 3.8) is 0 Å². The van der Waals surface area contributed by atoms with Crippen LogP contribution in [0.3, 0.4) is 0 Å². The Balaban J connectivity index is 3.14. The van der Waals surface area contributed by atoms with Gasteiger partial charge in [0.25, 0.3) is 0 Å². The summed E-state index contributed by atoms with van der Waals surface area (Å²) in [5.74, 6) is -0.294. The highest BCUT2D eigenvalue weighted by atomic mass is 35.5. The number of nitrogen functional groups attached to an aromatic ring is 1. The number of hydrogen-bond acceptors (Lipinski definition) is 3. The lowest BCUT2D eigenvalue weighted by molar-refractivity contribution is -0.137. The molecule has 2 atom stereocenters. The van der Waals surface area contributed by atoms with E-state index in [4.69, 9.17) is 17.3 Å². The SMILES string of the molecule is Nc1cc(C(O)C(O)CCl)cc(C(F)(F)F)c1. The lowest BCUT2D eigenvalue weighted by Crippen LogP contribution is -2.20. The molecule has 7 heteroatoms. The first kappa shape index (κ1) is 14.1. The van der Waals surface area contributed by atoms with E-state index in [-0.39, 0.29) is 17.1 Å². The minimum Gasteiger partial charge on any atom is -0.399 e. The molecule has 4 N–H and O–H groups in total. The van der Waals surface area contributed by atoms with E-state index in [0.29, 0.717) is 0 Å². The number of aliphatic hydroxyl groups excluding tert-OH is 2. The number of alkyl halides is 4. The molecule has 0 spiro atoms. The summed E-state index contributed by atoms with van der Waals surface area (Å²) < 4.78 is 37.4. The Labute approximate surface area is 101 Å². The van der Waals surface area contributed by atoms with E-state index in [1.807, 2.05) is 0 Å². The molecule has 0 aliphatic carbocycles. The zero-order chi connectivity index (χ0) is 13.2. The normalized spacial score (nSPS) is 15.6. The molecule has 0 radical (unpaired) electrons. The average molecular weight is 270 g/mol. The monoisotopic (exact) mass is 269 g/mol. The lowest BCUT2D eigenvalue weighted by atomic mass is 10.0. The second kappa shape index (κ2) is 5.12. The van der Waals surface area contributed by atoms with E-state index in [2.05, 4.69) is 0 Å². The summed E-state index contributed by atoms with van der Waals surface area (Å²) in [5.41, 5.74) is 4.07. The highest BCUT2D eigenvalue weighted by molar-refractivity contribution is 6.18. The Morgan fingerprint density at radius 2 is 1.82 bits per heavy atom. The van der Waals surface area contributed by atoms with Crippen LogP contribution in [0.2, 0.25) is 0 Å². The van der Waals surface area contributed by atoms with Crippen molar-refractivity contribution < 1.29 is 23.4 Å². The number of halogens is 4. The Morgan fingerprint density at radius 3 is 2.29 bits per heavy atom. The molecular formula is C10H11ClF3NO2. The Kier molecular flexibility index (Phi) is 4.24. The molecule has 0 amide bonds. The van der Waals surface area contributed by atoms with Gasteiger partial charge in [0, 0.05) is 5.69 Å². The van der Waals surface area contributed by atoms with E-state index in [1.165, 1.54) is 0 Å². The van der Waals surface area contributed by atoms with Crippen molar-refractivity contribution in [1.29, 1.82) is 0 Å². The molecule has 0 fully saturated rings. The second-order valence-electron chi connectivity index (χ2n) is 3.55. The number of nitrogens with two attached hydrogens (primary N) is 1. The van der Waals surface area contributed by atoms with E-state index in [0.717, 1.165) is 18.2 Å². The molecule has 96 valence electrons. The molecule has 0 heterocycles. The molecular weight excluding hydrogens is 259 g/mol. The summed E-state index contributed by atoms with van der Waals surface area (Å²) in [7, 11) is 0. The third-order valence-electron chi connectivity index (χ3n) is 2.17. The minimum absolute atomic E-state index is 0.120. The highest BCUT2D eigenvalue weighted by Crippen LogP contribution is 2.33. The summed E-state index contributed by atoms with van der Waals surface area (Å²) in [4.78, 5) is 0. The van der Waals surface area contributed by atoms with E-state index in [1.54, 1.807) is 0 Å². The first-order valence-corrected chi connectivity index (χ1v) is 5.19. The molecule has 1 rings (SSSR count). The third-order valence-corrected chi connectivity index (χ3v) is 2.49. The third kappa shape index (κ3) is 3.49. The number of aliphatic hydroxyl groups is 2. The van der Waals surface area contributed by atoms with Crippen molar-refractivity contribution >= 4 is 17.3 Å². The van der Waals surface area contributed by atoms with E-state index < -0.39 is 23.9 Å². The molecule has 17 heavy (non-hydrogen) atoms. The number of rotatable bonds is 3. The molecule has 0 saturated carbocycles. The average Bonchev–Trinajstić information content (AvgIpc) is 2.25. The molecule has 0 aliphatic rings. The Morgan fingerprint density at radius 1 is 1.24 bits per heavy atom. The van der Waals surface area contributed by atoms with Gasteiger partial charge in [-0.1, -0.05) is 0 Å². The fourth-order valence-electron chi connectivity index (χ4n) is 1.32. The van der Waals surface area contributed by atoms with Crippen molar-refractivity contribution in [1.82, 2.24) is 0 Å². The highest BCUT2D eigenvalue weighted by Gasteiger charge is 2.32. The maximum Gasteiger partial charge on any atom is 0.416 e. The van der Waals surface area contributed by atoms with Crippen LogP contribution in [0.4, 0.5) is 18.9 Å². The maximum atomic E-state index is 12.5. The van der Waals surface area contributed by atoms with Gasteiger partial charge >= 0.3 is 6.18 Å². The van der Waals surface area contributed by atoms with Gasteiger partial charge in [-0.2, -0.15) is 13.2 Å². The molecule has 0 saturated heterocycles. The standard InChI is InChI=1S/C10H11ClF3NO2/c11-4-8(16)9(17)5-1-6(10(12,13)14)3-7(15)2-5/h1-3,8-9,16-17H,4,15H2. The quantitative estimate of drug-likeness (QED) is 0.580. The minimum atomic E-state index is -4.56. The lowest BCUT2D eigenvalue weighted by Gasteiger charge is -2.18. The van der Waals surface area contributed by atoms with Gasteiger partial charge in [0.15, 0.2) is 0 Å². The van der Waals surface area contributed by atoms with Gasteiger partial charge in [-0.25, -0.2) is 0 Å². The van der Waals surface area contributed by atoms with Crippen LogP contribution in [0.5, 0.6) is 0 Å². The molecule has 3 nitrogen and oxygen atoms in total. The second-order valence-corrected chi connectivity index (χ2v) is 3.86. The van der Waals surface area contributed by atoms with E-state index in [9.17, 15) is 23.4 Å². The van der Waals surface area contributed by atoms with Crippen LogP contribution in [0, 0.1) is 0 Å². The van der Waals surface area contributed by atoms with Crippen LogP contribution < -0.4 is 5.73 Å².